The van der Waals surface area contributed by atoms with Crippen LogP contribution in [0.3, 0.4) is 0 Å². The maximum Gasteiger partial charge on any atom is 0.335 e. The van der Waals surface area contributed by atoms with E-state index in [1.165, 1.54) is 16.7 Å². The minimum Gasteiger partial charge on any atom is -0.478 e. The largest absolute Gasteiger partial charge is 0.478 e. The molecule has 0 fully saturated rings. The van der Waals surface area contributed by atoms with Crippen LogP contribution in [0.2, 0.25) is 0 Å². The topological polar surface area (TPSA) is 147 Å². The maximum atomic E-state index is 12.6. The lowest BCUT2D eigenvalue weighted by Crippen LogP contribution is -2.27. The third kappa shape index (κ3) is 10.3. The van der Waals surface area contributed by atoms with Crippen LogP contribution in [0.4, 0.5) is 11.4 Å². The highest BCUT2D eigenvalue weighted by Gasteiger charge is 2.27. The van der Waals surface area contributed by atoms with Gasteiger partial charge in [0.1, 0.15) is 0 Å². The number of pyridine rings is 2. The molecule has 61 heavy (non-hydrogen) atoms. The van der Waals surface area contributed by atoms with E-state index in [0.717, 1.165) is 81.8 Å². The number of nitrogens with zero attached hydrogens (tertiary/aromatic N) is 4. The van der Waals surface area contributed by atoms with E-state index < -0.39 is 5.97 Å². The maximum absolute atomic E-state index is 12.6. The van der Waals surface area contributed by atoms with Gasteiger partial charge in [-0.2, -0.15) is 0 Å². The first kappa shape index (κ1) is 43.8. The molecule has 312 valence electrons. The number of carboxylic acids is 1. The van der Waals surface area contributed by atoms with Crippen LogP contribution in [0.25, 0.3) is 22.3 Å². The third-order valence-corrected chi connectivity index (χ3v) is 11.4. The van der Waals surface area contributed by atoms with Crippen LogP contribution < -0.4 is 15.5 Å². The number of amides is 2. The van der Waals surface area contributed by atoms with Crippen LogP contribution in [0, 0.1) is 13.8 Å². The zero-order chi connectivity index (χ0) is 43.5. The molecule has 0 radical (unpaired) electrons. The minimum atomic E-state index is -0.920. The van der Waals surface area contributed by atoms with Crippen molar-refractivity contribution < 1.29 is 24.3 Å². The highest BCUT2D eigenvalue weighted by atomic mass is 16.4. The Morgan fingerprint density at radius 3 is 1.48 bits per heavy atom. The van der Waals surface area contributed by atoms with Crippen molar-refractivity contribution in [2.24, 2.45) is 5.73 Å². The Kier molecular flexibility index (Phi) is 14.7. The normalized spacial score (nSPS) is 12.3. The van der Waals surface area contributed by atoms with Gasteiger partial charge in [0.2, 0.25) is 11.8 Å². The first-order chi connectivity index (χ1) is 29.5. The quantitative estimate of drug-likeness (QED) is 0.130. The number of rotatable bonds is 10. The number of carbonyl (C=O) groups excluding carboxylic acids is 3. The van der Waals surface area contributed by atoms with Crippen molar-refractivity contribution in [1.82, 2.24) is 9.97 Å². The number of carboxylic acid groups (broad SMARTS) is 1. The Balaban J connectivity index is 0.000000177. The number of ketones is 1. The van der Waals surface area contributed by atoms with E-state index in [4.69, 9.17) is 10.8 Å². The fraction of sp³-hybridized carbons (Fsp3) is 0.255. The molecule has 0 saturated carbocycles. The molecular formula is C51H53N5O5. The molecule has 4 heterocycles. The molecular weight excluding hydrogens is 763 g/mol. The van der Waals surface area contributed by atoms with Crippen molar-refractivity contribution in [2.75, 3.05) is 22.9 Å². The number of fused-ring (bicyclic) bond motifs is 2. The van der Waals surface area contributed by atoms with Crippen LogP contribution in [-0.4, -0.2) is 51.7 Å². The summed E-state index contributed by atoms with van der Waals surface area (Å²) in [4.78, 5) is 59.4. The van der Waals surface area contributed by atoms with Gasteiger partial charge in [-0.25, -0.2) is 4.79 Å². The lowest BCUT2D eigenvalue weighted by atomic mass is 9.93. The zero-order valence-electron chi connectivity index (χ0n) is 35.4. The van der Waals surface area contributed by atoms with Gasteiger partial charge < -0.3 is 20.6 Å². The minimum absolute atomic E-state index is 0.143. The number of Topliss-reactive ketones (excluding diaryl/α,β-unsaturated/α-hetero) is 1. The van der Waals surface area contributed by atoms with Crippen LogP contribution in [0.5, 0.6) is 0 Å². The second kappa shape index (κ2) is 20.5. The summed E-state index contributed by atoms with van der Waals surface area (Å²) < 4.78 is 0. The van der Waals surface area contributed by atoms with Gasteiger partial charge in [-0.15, -0.1) is 0 Å². The highest BCUT2D eigenvalue weighted by molar-refractivity contribution is 5.98. The first-order valence-corrected chi connectivity index (χ1v) is 20.8. The summed E-state index contributed by atoms with van der Waals surface area (Å²) in [6, 6.07) is 30.7. The third-order valence-electron chi connectivity index (χ3n) is 11.4. The van der Waals surface area contributed by atoms with Gasteiger partial charge in [0, 0.05) is 80.6 Å². The monoisotopic (exact) mass is 815 g/mol. The molecule has 8 rings (SSSR count). The van der Waals surface area contributed by atoms with Crippen molar-refractivity contribution in [3.8, 4) is 22.3 Å². The van der Waals surface area contributed by atoms with E-state index in [1.807, 2.05) is 103 Å². The first-order valence-electron chi connectivity index (χ1n) is 20.8. The second-order valence-electron chi connectivity index (χ2n) is 15.1. The lowest BCUT2D eigenvalue weighted by molar-refractivity contribution is -0.119. The fourth-order valence-corrected chi connectivity index (χ4v) is 7.93. The number of hydrogen-bond acceptors (Lipinski definition) is 7. The molecule has 3 N–H and O–H groups in total. The Morgan fingerprint density at radius 2 is 1.08 bits per heavy atom. The molecule has 10 heteroatoms. The Hall–Kier alpha value is -6.78. The molecule has 0 saturated heterocycles. The number of anilines is 2. The molecule has 2 aliphatic heterocycles. The molecule has 2 aromatic heterocycles. The number of carbonyl (C=O) groups is 4. The van der Waals surface area contributed by atoms with Gasteiger partial charge in [0.25, 0.3) is 0 Å². The van der Waals surface area contributed by atoms with E-state index in [-0.39, 0.29) is 23.2 Å². The summed E-state index contributed by atoms with van der Waals surface area (Å²) in [7, 11) is 0. The van der Waals surface area contributed by atoms with Crippen molar-refractivity contribution in [1.29, 1.82) is 0 Å². The molecule has 2 aliphatic rings. The standard InChI is InChI=1S/C26H26N2O2.C19H19NO3.C6H8N2/c1-3-26(30)28-16-14-23-18(2)22(11-12-24(23)28)20-7-9-21(10-8-20)25(29)13-6-19-5-4-15-27-17-19;1-3-18(21)20-11-10-16-12(2)15(8-9-17(16)20)13-4-6-14(7-5-13)19(22)23;7-4-6-2-1-3-8-5-6/h4-5,7-12,15,17H,3,6,13-14,16H2,1-2H3;4-9H,3,10-11H2,1-2H3,(H,22,23);1-3,5H,4,7H2. The summed E-state index contributed by atoms with van der Waals surface area (Å²) >= 11 is 0. The number of nitrogens with two attached hydrogens (primary N) is 1. The smallest absolute Gasteiger partial charge is 0.335 e. The molecule has 0 atom stereocenters. The van der Waals surface area contributed by atoms with E-state index in [1.54, 1.807) is 30.7 Å². The van der Waals surface area contributed by atoms with Gasteiger partial charge in [0.15, 0.2) is 5.78 Å². The Bertz CT molecular complexity index is 2490. The average molecular weight is 816 g/mol. The number of aromatic carboxylic acids is 1. The van der Waals surface area contributed by atoms with Gasteiger partial charge in [-0.1, -0.05) is 74.5 Å². The number of benzene rings is 4. The second-order valence-corrected chi connectivity index (χ2v) is 15.1. The summed E-state index contributed by atoms with van der Waals surface area (Å²) in [6.07, 6.45) is 11.0. The molecule has 4 aromatic carbocycles. The van der Waals surface area contributed by atoms with Gasteiger partial charge >= 0.3 is 5.97 Å². The summed E-state index contributed by atoms with van der Waals surface area (Å²) in [6.45, 7) is 10.1. The van der Waals surface area contributed by atoms with Crippen LogP contribution in [-0.2, 0) is 35.4 Å². The van der Waals surface area contributed by atoms with Crippen LogP contribution in [0.15, 0.2) is 122 Å². The van der Waals surface area contributed by atoms with E-state index in [2.05, 4.69) is 35.9 Å². The average Bonchev–Trinajstić information content (AvgIpc) is 3.95. The molecule has 6 aromatic rings. The molecule has 0 spiro atoms. The molecule has 0 bridgehead atoms. The van der Waals surface area contributed by atoms with Crippen molar-refractivity contribution in [3.05, 3.63) is 166 Å². The molecule has 0 unspecified atom stereocenters. The van der Waals surface area contributed by atoms with E-state index >= 15 is 0 Å². The number of hydrogen-bond donors (Lipinski definition) is 2. The predicted octanol–water partition coefficient (Wildman–Crippen LogP) is 9.37. The van der Waals surface area contributed by atoms with E-state index in [0.29, 0.717) is 32.2 Å². The Labute approximate surface area is 358 Å². The molecule has 10 nitrogen and oxygen atoms in total. The number of aryl methyl sites for hydroxylation is 1. The summed E-state index contributed by atoms with van der Waals surface area (Å²) in [5.74, 6) is -0.447. The predicted molar refractivity (Wildman–Crippen MR) is 242 cm³/mol. The van der Waals surface area contributed by atoms with Crippen molar-refractivity contribution in [2.45, 2.75) is 72.8 Å². The van der Waals surface area contributed by atoms with Gasteiger partial charge in [0.05, 0.1) is 5.56 Å². The van der Waals surface area contributed by atoms with E-state index in [9.17, 15) is 19.2 Å². The number of aromatic nitrogens is 2. The SMILES string of the molecule is CCC(=O)N1CCc2c1ccc(-c1ccc(C(=O)CCc3cccnc3)cc1)c2C.CCC(=O)N1CCc2c1ccc(-c1ccc(C(=O)O)cc1)c2C.NCc1cccnc1. The summed E-state index contributed by atoms with van der Waals surface area (Å²) in [5, 5.41) is 8.99. The van der Waals surface area contributed by atoms with Crippen molar-refractivity contribution >= 4 is 34.9 Å². The van der Waals surface area contributed by atoms with Crippen LogP contribution in [0.1, 0.15) is 87.2 Å². The zero-order valence-corrected chi connectivity index (χ0v) is 35.4. The lowest BCUT2D eigenvalue weighted by Gasteiger charge is -2.18. The van der Waals surface area contributed by atoms with Gasteiger partial charge in [-0.3, -0.25) is 24.4 Å². The van der Waals surface area contributed by atoms with Crippen LogP contribution >= 0.6 is 0 Å². The van der Waals surface area contributed by atoms with Gasteiger partial charge in [-0.05, 0) is 125 Å². The molecule has 2 amide bonds. The fourth-order valence-electron chi connectivity index (χ4n) is 7.93. The Morgan fingerprint density at radius 1 is 0.623 bits per heavy atom. The van der Waals surface area contributed by atoms with Crippen molar-refractivity contribution in [3.63, 3.8) is 0 Å². The molecule has 0 aliphatic carbocycles. The summed E-state index contributed by atoms with van der Waals surface area (Å²) in [5.41, 5.74) is 19.7. The highest BCUT2D eigenvalue weighted by Crippen LogP contribution is 2.38.